The molecule has 66 valence electrons. The molecule has 1 heterocycles. The zero-order valence-electron chi connectivity index (χ0n) is 7.70. The Labute approximate surface area is 78.4 Å². The monoisotopic (exact) mass is 172 g/mol. The van der Waals surface area contributed by atoms with Crippen molar-refractivity contribution in [2.75, 3.05) is 11.4 Å². The Bertz CT molecular complexity index is 351. The summed E-state index contributed by atoms with van der Waals surface area (Å²) < 4.78 is 0. The van der Waals surface area contributed by atoms with Gasteiger partial charge in [0.25, 0.3) is 0 Å². The molecule has 2 heteroatoms. The molecule has 2 nitrogen and oxygen atoms in total. The van der Waals surface area contributed by atoms with Crippen molar-refractivity contribution in [2.24, 2.45) is 5.92 Å². The first kappa shape index (κ1) is 8.12. The molecule has 0 saturated heterocycles. The van der Waals surface area contributed by atoms with Gasteiger partial charge in [0.2, 0.25) is 0 Å². The van der Waals surface area contributed by atoms with Crippen molar-refractivity contribution in [1.29, 1.82) is 5.26 Å². The van der Waals surface area contributed by atoms with Crippen LogP contribution in [0.25, 0.3) is 0 Å². The highest BCUT2D eigenvalue weighted by Crippen LogP contribution is 2.28. The van der Waals surface area contributed by atoms with Crippen LogP contribution in [-0.2, 0) is 6.42 Å². The van der Waals surface area contributed by atoms with E-state index in [-0.39, 0.29) is 0 Å². The molecule has 0 amide bonds. The Morgan fingerprint density at radius 3 is 3.00 bits per heavy atom. The van der Waals surface area contributed by atoms with Crippen LogP contribution < -0.4 is 4.90 Å². The van der Waals surface area contributed by atoms with Gasteiger partial charge in [0.15, 0.2) is 6.19 Å². The summed E-state index contributed by atoms with van der Waals surface area (Å²) in [5.41, 5.74) is 2.38. The van der Waals surface area contributed by atoms with E-state index in [1.165, 1.54) is 5.56 Å². The van der Waals surface area contributed by atoms with Crippen LogP contribution in [-0.4, -0.2) is 6.54 Å². The summed E-state index contributed by atoms with van der Waals surface area (Å²) in [7, 11) is 0. The highest BCUT2D eigenvalue weighted by atomic mass is 15.1. The molecular weight excluding hydrogens is 160 g/mol. The zero-order valence-corrected chi connectivity index (χ0v) is 7.70. The predicted molar refractivity (Wildman–Crippen MR) is 52.3 cm³/mol. The first-order valence-electron chi connectivity index (χ1n) is 4.56. The van der Waals surface area contributed by atoms with E-state index in [1.54, 1.807) is 4.90 Å². The highest BCUT2D eigenvalue weighted by Gasteiger charge is 2.20. The number of nitriles is 1. The van der Waals surface area contributed by atoms with E-state index in [9.17, 15) is 0 Å². The van der Waals surface area contributed by atoms with Crippen molar-refractivity contribution in [2.45, 2.75) is 13.3 Å². The molecule has 0 fully saturated rings. The third kappa shape index (κ3) is 1.38. The van der Waals surface area contributed by atoms with E-state index < -0.39 is 0 Å². The van der Waals surface area contributed by atoms with Gasteiger partial charge in [-0.2, -0.15) is 5.26 Å². The van der Waals surface area contributed by atoms with Gasteiger partial charge in [0.1, 0.15) is 0 Å². The van der Waals surface area contributed by atoms with Gasteiger partial charge in [-0.25, -0.2) is 0 Å². The summed E-state index contributed by atoms with van der Waals surface area (Å²) in [6.07, 6.45) is 3.32. The second-order valence-corrected chi connectivity index (χ2v) is 3.65. The lowest BCUT2D eigenvalue weighted by Gasteiger charge is -2.28. The fraction of sp³-hybridized carbons (Fsp3) is 0.364. The maximum Gasteiger partial charge on any atom is 0.184 e. The van der Waals surface area contributed by atoms with Gasteiger partial charge in [-0.3, -0.25) is 4.90 Å². The SMILES string of the molecule is CC1Cc2ccccc2N(C#N)C1. The van der Waals surface area contributed by atoms with Crippen LogP contribution in [0.15, 0.2) is 24.3 Å². The van der Waals surface area contributed by atoms with Gasteiger partial charge in [-0.15, -0.1) is 0 Å². The van der Waals surface area contributed by atoms with Crippen molar-refractivity contribution in [3.63, 3.8) is 0 Å². The second-order valence-electron chi connectivity index (χ2n) is 3.65. The number of para-hydroxylation sites is 1. The maximum absolute atomic E-state index is 8.93. The highest BCUT2D eigenvalue weighted by molar-refractivity contribution is 5.58. The van der Waals surface area contributed by atoms with Crippen LogP contribution in [0.3, 0.4) is 0 Å². The number of anilines is 1. The number of nitrogens with zero attached hydrogens (tertiary/aromatic N) is 2. The van der Waals surface area contributed by atoms with Crippen molar-refractivity contribution in [3.8, 4) is 6.19 Å². The molecule has 0 N–H and O–H groups in total. The number of hydrogen-bond acceptors (Lipinski definition) is 2. The van der Waals surface area contributed by atoms with E-state index in [4.69, 9.17) is 5.26 Å². The first-order chi connectivity index (χ1) is 6.31. The normalized spacial score (nSPS) is 20.6. The van der Waals surface area contributed by atoms with Crippen molar-refractivity contribution < 1.29 is 0 Å². The average molecular weight is 172 g/mol. The van der Waals surface area contributed by atoms with Gasteiger partial charge in [-0.05, 0) is 24.0 Å². The largest absolute Gasteiger partial charge is 0.279 e. The van der Waals surface area contributed by atoms with E-state index in [0.29, 0.717) is 5.92 Å². The standard InChI is InChI=1S/C11H12N2/c1-9-6-10-4-2-3-5-11(10)13(7-9)8-12/h2-5,9H,6-7H2,1H3. The van der Waals surface area contributed by atoms with E-state index in [0.717, 1.165) is 18.7 Å². The minimum absolute atomic E-state index is 0.578. The summed E-state index contributed by atoms with van der Waals surface area (Å²) in [4.78, 5) is 1.78. The van der Waals surface area contributed by atoms with Gasteiger partial charge >= 0.3 is 0 Å². The van der Waals surface area contributed by atoms with Crippen molar-refractivity contribution in [3.05, 3.63) is 29.8 Å². The average Bonchev–Trinajstić information content (AvgIpc) is 2.16. The van der Waals surface area contributed by atoms with Gasteiger partial charge < -0.3 is 0 Å². The van der Waals surface area contributed by atoms with Gasteiger partial charge in [-0.1, -0.05) is 25.1 Å². The number of fused-ring (bicyclic) bond motifs is 1. The summed E-state index contributed by atoms with van der Waals surface area (Å²) in [6, 6.07) is 8.14. The van der Waals surface area contributed by atoms with Crippen molar-refractivity contribution >= 4 is 5.69 Å². The lowest BCUT2D eigenvalue weighted by atomic mass is 9.94. The molecule has 0 bridgehead atoms. The summed E-state index contributed by atoms with van der Waals surface area (Å²) >= 11 is 0. The van der Waals surface area contributed by atoms with Crippen LogP contribution in [0.5, 0.6) is 0 Å². The van der Waals surface area contributed by atoms with Crippen LogP contribution in [0.4, 0.5) is 5.69 Å². The number of rotatable bonds is 0. The van der Waals surface area contributed by atoms with Crippen LogP contribution in [0.1, 0.15) is 12.5 Å². The van der Waals surface area contributed by atoms with Crippen LogP contribution >= 0.6 is 0 Å². The Kier molecular flexibility index (Phi) is 1.94. The Hall–Kier alpha value is -1.49. The molecule has 0 spiro atoms. The number of hydrogen-bond donors (Lipinski definition) is 0. The van der Waals surface area contributed by atoms with Crippen LogP contribution in [0, 0.1) is 17.4 Å². The third-order valence-corrected chi connectivity index (χ3v) is 2.47. The van der Waals surface area contributed by atoms with Crippen molar-refractivity contribution in [1.82, 2.24) is 0 Å². The topological polar surface area (TPSA) is 27.0 Å². The lowest BCUT2D eigenvalue weighted by Crippen LogP contribution is -2.30. The molecule has 1 aromatic carbocycles. The zero-order chi connectivity index (χ0) is 9.26. The molecule has 1 aromatic rings. The Balaban J connectivity index is 2.44. The van der Waals surface area contributed by atoms with Gasteiger partial charge in [0, 0.05) is 6.54 Å². The maximum atomic E-state index is 8.93. The summed E-state index contributed by atoms with van der Waals surface area (Å²) in [5.74, 6) is 0.578. The summed E-state index contributed by atoms with van der Waals surface area (Å²) in [5, 5.41) is 8.93. The molecule has 1 unspecified atom stereocenters. The molecule has 1 atom stereocenters. The predicted octanol–water partition coefficient (Wildman–Crippen LogP) is 2.17. The molecule has 2 rings (SSSR count). The molecule has 0 aliphatic carbocycles. The van der Waals surface area contributed by atoms with E-state index >= 15 is 0 Å². The third-order valence-electron chi connectivity index (χ3n) is 2.47. The molecule has 13 heavy (non-hydrogen) atoms. The Morgan fingerprint density at radius 2 is 2.23 bits per heavy atom. The molecule has 0 aromatic heterocycles. The smallest absolute Gasteiger partial charge is 0.184 e. The van der Waals surface area contributed by atoms with Gasteiger partial charge in [0.05, 0.1) is 5.69 Å². The molecule has 1 aliphatic heterocycles. The minimum Gasteiger partial charge on any atom is -0.279 e. The lowest BCUT2D eigenvalue weighted by molar-refractivity contribution is 0.563. The molecule has 0 radical (unpaired) electrons. The Morgan fingerprint density at radius 1 is 1.46 bits per heavy atom. The number of benzene rings is 1. The molecule has 1 aliphatic rings. The molecular formula is C11H12N2. The van der Waals surface area contributed by atoms with E-state index in [2.05, 4.69) is 19.2 Å². The molecule has 0 saturated carbocycles. The minimum atomic E-state index is 0.578. The summed E-state index contributed by atoms with van der Waals surface area (Å²) in [6.45, 7) is 3.04. The first-order valence-corrected chi connectivity index (χ1v) is 4.56. The van der Waals surface area contributed by atoms with E-state index in [1.807, 2.05) is 18.2 Å². The fourth-order valence-electron chi connectivity index (χ4n) is 1.89. The fourth-order valence-corrected chi connectivity index (χ4v) is 1.89. The van der Waals surface area contributed by atoms with Crippen LogP contribution in [0.2, 0.25) is 0 Å². The second kappa shape index (κ2) is 3.10. The quantitative estimate of drug-likeness (QED) is 0.561.